The van der Waals surface area contributed by atoms with Gasteiger partial charge in [0.2, 0.25) is 0 Å². The van der Waals surface area contributed by atoms with E-state index in [1.807, 2.05) is 18.5 Å². The van der Waals surface area contributed by atoms with E-state index in [4.69, 9.17) is 0 Å². The van der Waals surface area contributed by atoms with Gasteiger partial charge in [0, 0.05) is 17.2 Å². The molecule has 0 amide bonds. The Hall–Kier alpha value is -1.16. The first-order valence-corrected chi connectivity index (χ1v) is 5.18. The van der Waals surface area contributed by atoms with Gasteiger partial charge < -0.3 is 4.57 Å². The van der Waals surface area contributed by atoms with Crippen molar-refractivity contribution >= 4 is 27.1 Å². The third-order valence-corrected chi connectivity index (χ3v) is 2.45. The Kier molecular flexibility index (Phi) is 2.63. The summed E-state index contributed by atoms with van der Waals surface area (Å²) in [5, 5.41) is 0. The third kappa shape index (κ3) is 1.70. The van der Waals surface area contributed by atoms with Gasteiger partial charge in [-0.25, -0.2) is 9.97 Å². The second-order valence-corrected chi connectivity index (χ2v) is 3.93. The normalized spacial score (nSPS) is 10.6. The molecular weight excluding hydrogens is 242 g/mol. The lowest BCUT2D eigenvalue weighted by Crippen LogP contribution is -1.94. The summed E-state index contributed by atoms with van der Waals surface area (Å²) in [6.07, 6.45) is 6.41. The van der Waals surface area contributed by atoms with E-state index in [0.717, 1.165) is 28.6 Å². The van der Waals surface area contributed by atoms with Crippen LogP contribution in [0.3, 0.4) is 0 Å². The van der Waals surface area contributed by atoms with Gasteiger partial charge in [-0.3, -0.25) is 0 Å². The van der Waals surface area contributed by atoms with Crippen molar-refractivity contribution in [3.8, 4) is 0 Å². The lowest BCUT2D eigenvalue weighted by Gasteiger charge is -2.00. The first-order valence-electron chi connectivity index (χ1n) is 4.38. The smallest absolute Gasteiger partial charge is 0.177 e. The number of halogens is 1. The summed E-state index contributed by atoms with van der Waals surface area (Å²) in [5.74, 6) is 0. The van der Waals surface area contributed by atoms with Crippen LogP contribution in [0.1, 0.15) is 6.42 Å². The summed E-state index contributed by atoms with van der Waals surface area (Å²) < 4.78 is 3.06. The highest BCUT2D eigenvalue weighted by molar-refractivity contribution is 9.10. The number of aryl methyl sites for hydroxylation is 1. The fraction of sp³-hybridized carbons (Fsp3) is 0.200. The molecule has 3 nitrogen and oxygen atoms in total. The Morgan fingerprint density at radius 2 is 2.36 bits per heavy atom. The molecule has 0 saturated heterocycles. The molecule has 0 N–H and O–H groups in total. The summed E-state index contributed by atoms with van der Waals surface area (Å²) in [4.78, 5) is 8.41. The zero-order valence-corrected chi connectivity index (χ0v) is 9.24. The third-order valence-electron chi connectivity index (χ3n) is 2.02. The van der Waals surface area contributed by atoms with Gasteiger partial charge in [-0.05, 0) is 28.4 Å². The number of nitrogens with zero attached hydrogens (tertiary/aromatic N) is 3. The van der Waals surface area contributed by atoms with Crippen molar-refractivity contribution in [1.82, 2.24) is 14.5 Å². The van der Waals surface area contributed by atoms with E-state index >= 15 is 0 Å². The number of rotatable bonds is 3. The van der Waals surface area contributed by atoms with Crippen LogP contribution in [-0.2, 0) is 6.54 Å². The Morgan fingerprint density at radius 1 is 1.50 bits per heavy atom. The Balaban J connectivity index is 2.44. The molecule has 0 aliphatic carbocycles. The summed E-state index contributed by atoms with van der Waals surface area (Å²) in [5.41, 5.74) is 1.85. The number of fused-ring (bicyclic) bond motifs is 1. The zero-order valence-electron chi connectivity index (χ0n) is 7.65. The topological polar surface area (TPSA) is 30.7 Å². The van der Waals surface area contributed by atoms with Gasteiger partial charge in [-0.1, -0.05) is 6.08 Å². The predicted octanol–water partition coefficient (Wildman–Crippen LogP) is 2.77. The molecule has 2 aromatic rings. The minimum Gasteiger partial charge on any atom is -0.329 e. The van der Waals surface area contributed by atoms with E-state index in [1.54, 1.807) is 6.20 Å². The van der Waals surface area contributed by atoms with Crippen LogP contribution < -0.4 is 0 Å². The second-order valence-electron chi connectivity index (χ2n) is 3.01. The van der Waals surface area contributed by atoms with E-state index < -0.39 is 0 Å². The van der Waals surface area contributed by atoms with Crippen LogP contribution in [0.5, 0.6) is 0 Å². The molecule has 2 aromatic heterocycles. The van der Waals surface area contributed by atoms with E-state index in [2.05, 4.69) is 37.0 Å². The minimum atomic E-state index is 0.789. The molecule has 2 rings (SSSR count). The van der Waals surface area contributed by atoms with Gasteiger partial charge in [0.25, 0.3) is 0 Å². The summed E-state index contributed by atoms with van der Waals surface area (Å²) in [6, 6.07) is 2.03. The standard InChI is InChI=1S/C10H10BrN3/c1-2-3-4-14-7-13-10-9(14)5-8(11)6-12-10/h2,5-7H,1,3-4H2. The first kappa shape index (κ1) is 9.40. The summed E-state index contributed by atoms with van der Waals surface area (Å²) in [6.45, 7) is 4.60. The van der Waals surface area contributed by atoms with Crippen LogP contribution in [-0.4, -0.2) is 14.5 Å². The lowest BCUT2D eigenvalue weighted by molar-refractivity contribution is 0.731. The number of aromatic nitrogens is 3. The van der Waals surface area contributed by atoms with Crippen LogP contribution in [0.15, 0.2) is 35.7 Å². The van der Waals surface area contributed by atoms with Gasteiger partial charge in [-0.2, -0.15) is 0 Å². The quantitative estimate of drug-likeness (QED) is 0.786. The summed E-state index contributed by atoms with van der Waals surface area (Å²) >= 11 is 3.40. The van der Waals surface area contributed by atoms with Crippen LogP contribution in [0, 0.1) is 0 Å². The highest BCUT2D eigenvalue weighted by Gasteiger charge is 2.02. The first-order chi connectivity index (χ1) is 6.81. The molecule has 4 heteroatoms. The number of pyridine rings is 1. The second kappa shape index (κ2) is 3.92. The van der Waals surface area contributed by atoms with Gasteiger partial charge in [0.1, 0.15) is 0 Å². The molecule has 0 unspecified atom stereocenters. The minimum absolute atomic E-state index is 0.789. The van der Waals surface area contributed by atoms with Crippen molar-refractivity contribution in [1.29, 1.82) is 0 Å². The van der Waals surface area contributed by atoms with Crippen molar-refractivity contribution in [3.05, 3.63) is 35.7 Å². The van der Waals surface area contributed by atoms with Gasteiger partial charge in [-0.15, -0.1) is 6.58 Å². The number of hydrogen-bond acceptors (Lipinski definition) is 2. The molecule has 0 spiro atoms. The van der Waals surface area contributed by atoms with Gasteiger partial charge in [0.15, 0.2) is 5.65 Å². The zero-order chi connectivity index (χ0) is 9.97. The monoisotopic (exact) mass is 251 g/mol. The fourth-order valence-electron chi connectivity index (χ4n) is 1.33. The number of hydrogen-bond donors (Lipinski definition) is 0. The molecule has 0 bridgehead atoms. The molecular formula is C10H10BrN3. The van der Waals surface area contributed by atoms with Crippen molar-refractivity contribution in [2.45, 2.75) is 13.0 Å². The van der Waals surface area contributed by atoms with Crippen molar-refractivity contribution in [2.24, 2.45) is 0 Å². The molecule has 2 heterocycles. The number of imidazole rings is 1. The molecule has 0 saturated carbocycles. The van der Waals surface area contributed by atoms with Gasteiger partial charge in [0.05, 0.1) is 11.8 Å². The van der Waals surface area contributed by atoms with Crippen LogP contribution in [0.2, 0.25) is 0 Å². The van der Waals surface area contributed by atoms with Crippen LogP contribution in [0.4, 0.5) is 0 Å². The molecule has 14 heavy (non-hydrogen) atoms. The average molecular weight is 252 g/mol. The van der Waals surface area contributed by atoms with Crippen molar-refractivity contribution in [3.63, 3.8) is 0 Å². The van der Waals surface area contributed by atoms with Gasteiger partial charge >= 0.3 is 0 Å². The van der Waals surface area contributed by atoms with E-state index in [1.165, 1.54) is 0 Å². The van der Waals surface area contributed by atoms with E-state index in [9.17, 15) is 0 Å². The maximum absolute atomic E-state index is 4.21. The molecule has 0 aliphatic heterocycles. The maximum atomic E-state index is 4.21. The maximum Gasteiger partial charge on any atom is 0.177 e. The fourth-order valence-corrected chi connectivity index (χ4v) is 1.65. The lowest BCUT2D eigenvalue weighted by atomic mass is 10.4. The Morgan fingerprint density at radius 3 is 3.14 bits per heavy atom. The van der Waals surface area contributed by atoms with Crippen molar-refractivity contribution < 1.29 is 0 Å². The Labute approximate surface area is 90.6 Å². The molecule has 0 radical (unpaired) electrons. The molecule has 0 fully saturated rings. The highest BCUT2D eigenvalue weighted by atomic mass is 79.9. The highest BCUT2D eigenvalue weighted by Crippen LogP contribution is 2.16. The van der Waals surface area contributed by atoms with E-state index in [0.29, 0.717) is 0 Å². The SMILES string of the molecule is C=CCCn1cnc2ncc(Br)cc21. The van der Waals surface area contributed by atoms with Crippen LogP contribution in [0.25, 0.3) is 11.2 Å². The Bertz CT molecular complexity index is 461. The number of allylic oxidation sites excluding steroid dienone is 1. The van der Waals surface area contributed by atoms with E-state index in [-0.39, 0.29) is 0 Å². The summed E-state index contributed by atoms with van der Waals surface area (Å²) in [7, 11) is 0. The predicted molar refractivity (Wildman–Crippen MR) is 60.0 cm³/mol. The average Bonchev–Trinajstić information content (AvgIpc) is 2.57. The molecule has 0 aliphatic rings. The molecule has 0 aromatic carbocycles. The largest absolute Gasteiger partial charge is 0.329 e. The van der Waals surface area contributed by atoms with Crippen molar-refractivity contribution in [2.75, 3.05) is 0 Å². The van der Waals surface area contributed by atoms with Crippen LogP contribution >= 0.6 is 15.9 Å². The molecule has 0 atom stereocenters. The molecule has 72 valence electrons.